The number of para-hydroxylation sites is 1. The average molecular weight is 353 g/mol. The van der Waals surface area contributed by atoms with Crippen LogP contribution in [0.2, 0.25) is 0 Å². The third kappa shape index (κ3) is 4.82. The van der Waals surface area contributed by atoms with Crippen LogP contribution in [0.3, 0.4) is 0 Å². The summed E-state index contributed by atoms with van der Waals surface area (Å²) in [6.45, 7) is 1.14. The fraction of sp³-hybridized carbons (Fsp3) is 0.474. The SMILES string of the molecule is C#CCCC1(CCC(=O)NC2CCN(C(=O)Nc3ccccc3)C2)N=N1. The number of hydrogen-bond acceptors (Lipinski definition) is 4. The monoisotopic (exact) mass is 353 g/mol. The van der Waals surface area contributed by atoms with Crippen LogP contribution in [0.4, 0.5) is 10.5 Å². The van der Waals surface area contributed by atoms with Gasteiger partial charge in [-0.3, -0.25) is 4.79 Å². The minimum Gasteiger partial charge on any atom is -0.352 e. The smallest absolute Gasteiger partial charge is 0.321 e. The highest BCUT2D eigenvalue weighted by Crippen LogP contribution is 2.37. The van der Waals surface area contributed by atoms with Crippen molar-refractivity contribution in [2.24, 2.45) is 10.2 Å². The summed E-state index contributed by atoms with van der Waals surface area (Å²) in [4.78, 5) is 26.2. The van der Waals surface area contributed by atoms with Gasteiger partial charge in [0.15, 0.2) is 5.66 Å². The highest BCUT2D eigenvalue weighted by molar-refractivity contribution is 5.89. The predicted molar refractivity (Wildman–Crippen MR) is 98.5 cm³/mol. The molecule has 3 amide bonds. The number of anilines is 1. The molecule has 7 nitrogen and oxygen atoms in total. The van der Waals surface area contributed by atoms with Crippen LogP contribution < -0.4 is 10.6 Å². The van der Waals surface area contributed by atoms with Gasteiger partial charge < -0.3 is 15.5 Å². The van der Waals surface area contributed by atoms with Gasteiger partial charge in [0.05, 0.1) is 0 Å². The quantitative estimate of drug-likeness (QED) is 0.739. The number of terminal acetylenes is 1. The maximum atomic E-state index is 12.3. The van der Waals surface area contributed by atoms with E-state index in [2.05, 4.69) is 26.8 Å². The van der Waals surface area contributed by atoms with Gasteiger partial charge in [-0.2, -0.15) is 10.2 Å². The molecule has 1 saturated heterocycles. The van der Waals surface area contributed by atoms with Gasteiger partial charge in [-0.15, -0.1) is 12.3 Å². The molecule has 0 bridgehead atoms. The fourth-order valence-electron chi connectivity index (χ4n) is 3.07. The van der Waals surface area contributed by atoms with Crippen LogP contribution in [0, 0.1) is 12.3 Å². The number of nitrogens with one attached hydrogen (secondary N) is 2. The summed E-state index contributed by atoms with van der Waals surface area (Å²) in [5.41, 5.74) is 0.334. The zero-order chi connectivity index (χ0) is 18.4. The molecule has 136 valence electrons. The summed E-state index contributed by atoms with van der Waals surface area (Å²) >= 11 is 0. The summed E-state index contributed by atoms with van der Waals surface area (Å²) in [5.74, 6) is 2.55. The molecule has 2 N–H and O–H groups in total. The third-order valence-corrected chi connectivity index (χ3v) is 4.67. The Balaban J connectivity index is 1.38. The topological polar surface area (TPSA) is 86.2 Å². The first-order chi connectivity index (χ1) is 12.6. The minimum absolute atomic E-state index is 0.0150. The molecular formula is C19H23N5O2. The second-order valence-corrected chi connectivity index (χ2v) is 6.68. The third-order valence-electron chi connectivity index (χ3n) is 4.67. The second-order valence-electron chi connectivity index (χ2n) is 6.68. The molecule has 26 heavy (non-hydrogen) atoms. The lowest BCUT2D eigenvalue weighted by atomic mass is 10.0. The van der Waals surface area contributed by atoms with E-state index in [1.165, 1.54) is 0 Å². The Hall–Kier alpha value is -2.88. The number of carbonyl (C=O) groups is 2. The van der Waals surface area contributed by atoms with Crippen molar-refractivity contribution in [2.45, 2.75) is 43.8 Å². The summed E-state index contributed by atoms with van der Waals surface area (Å²) in [7, 11) is 0. The molecule has 2 aliphatic rings. The normalized spacial score (nSPS) is 19.7. The van der Waals surface area contributed by atoms with Crippen molar-refractivity contribution in [3.05, 3.63) is 30.3 Å². The summed E-state index contributed by atoms with van der Waals surface area (Å²) < 4.78 is 0. The van der Waals surface area contributed by atoms with E-state index in [0.29, 0.717) is 38.8 Å². The molecular weight excluding hydrogens is 330 g/mol. The molecule has 0 aliphatic carbocycles. The highest BCUT2D eigenvalue weighted by Gasteiger charge is 2.39. The molecule has 1 fully saturated rings. The molecule has 2 heterocycles. The molecule has 3 rings (SSSR count). The molecule has 7 heteroatoms. The van der Waals surface area contributed by atoms with Crippen LogP contribution in [0.1, 0.15) is 32.1 Å². The largest absolute Gasteiger partial charge is 0.352 e. The van der Waals surface area contributed by atoms with Crippen molar-refractivity contribution in [1.82, 2.24) is 10.2 Å². The number of likely N-dealkylation sites (tertiary alicyclic amines) is 1. The first-order valence-corrected chi connectivity index (χ1v) is 8.88. The van der Waals surface area contributed by atoms with Gasteiger partial charge >= 0.3 is 6.03 Å². The zero-order valence-electron chi connectivity index (χ0n) is 14.6. The maximum Gasteiger partial charge on any atom is 0.321 e. The number of carbonyl (C=O) groups excluding carboxylic acids is 2. The summed E-state index contributed by atoms with van der Waals surface area (Å²) in [6.07, 6.45) is 8.29. The molecule has 2 aliphatic heterocycles. The zero-order valence-corrected chi connectivity index (χ0v) is 14.6. The van der Waals surface area contributed by atoms with Crippen molar-refractivity contribution < 1.29 is 9.59 Å². The van der Waals surface area contributed by atoms with Crippen molar-refractivity contribution in [3.8, 4) is 12.3 Å². The van der Waals surface area contributed by atoms with Gasteiger partial charge in [-0.1, -0.05) is 18.2 Å². The van der Waals surface area contributed by atoms with Gasteiger partial charge in [-0.25, -0.2) is 4.79 Å². The number of rotatable bonds is 7. The molecule has 0 radical (unpaired) electrons. The van der Waals surface area contributed by atoms with E-state index in [4.69, 9.17) is 6.42 Å². The summed E-state index contributed by atoms with van der Waals surface area (Å²) in [6, 6.07) is 9.18. The first kappa shape index (κ1) is 17.9. The number of nitrogens with zero attached hydrogens (tertiary/aromatic N) is 3. The molecule has 0 spiro atoms. The lowest BCUT2D eigenvalue weighted by Crippen LogP contribution is -2.40. The van der Waals surface area contributed by atoms with Crippen LogP contribution in [0.5, 0.6) is 0 Å². The lowest BCUT2D eigenvalue weighted by molar-refractivity contribution is -0.122. The van der Waals surface area contributed by atoms with Crippen molar-refractivity contribution in [2.75, 3.05) is 18.4 Å². The minimum atomic E-state index is -0.430. The van der Waals surface area contributed by atoms with E-state index in [-0.39, 0.29) is 18.0 Å². The van der Waals surface area contributed by atoms with Gasteiger partial charge in [0.2, 0.25) is 5.91 Å². The van der Waals surface area contributed by atoms with Crippen LogP contribution in [-0.2, 0) is 4.79 Å². The van der Waals surface area contributed by atoms with E-state index in [9.17, 15) is 9.59 Å². The molecule has 1 aromatic rings. The van der Waals surface area contributed by atoms with E-state index >= 15 is 0 Å². The Morgan fingerprint density at radius 2 is 2.04 bits per heavy atom. The molecule has 1 atom stereocenters. The van der Waals surface area contributed by atoms with E-state index in [1.54, 1.807) is 4.90 Å². The standard InChI is InChI=1S/C19H23N5O2/c1-2-3-11-19(22-23-19)12-9-17(25)20-16-10-13-24(14-16)18(26)21-15-7-5-4-6-8-15/h1,4-8,16H,3,9-14H2,(H,20,25)(H,21,26). The number of amides is 3. The average Bonchev–Trinajstić information content (AvgIpc) is 3.27. The van der Waals surface area contributed by atoms with Gasteiger partial charge in [0.25, 0.3) is 0 Å². The van der Waals surface area contributed by atoms with Gasteiger partial charge in [0.1, 0.15) is 0 Å². The van der Waals surface area contributed by atoms with Crippen molar-refractivity contribution >= 4 is 17.6 Å². The predicted octanol–water partition coefficient (Wildman–Crippen LogP) is 2.76. The van der Waals surface area contributed by atoms with Gasteiger partial charge in [-0.05, 0) is 18.6 Å². The van der Waals surface area contributed by atoms with E-state index in [0.717, 1.165) is 12.1 Å². The van der Waals surface area contributed by atoms with Crippen molar-refractivity contribution in [3.63, 3.8) is 0 Å². The Kier molecular flexibility index (Phi) is 5.52. The molecule has 1 unspecified atom stereocenters. The van der Waals surface area contributed by atoms with Gasteiger partial charge in [0, 0.05) is 50.5 Å². The molecule has 1 aromatic carbocycles. The van der Waals surface area contributed by atoms with Crippen LogP contribution in [0.15, 0.2) is 40.6 Å². The Morgan fingerprint density at radius 1 is 1.27 bits per heavy atom. The van der Waals surface area contributed by atoms with E-state index < -0.39 is 5.66 Å². The van der Waals surface area contributed by atoms with Crippen LogP contribution >= 0.6 is 0 Å². The second kappa shape index (κ2) is 8.00. The first-order valence-electron chi connectivity index (χ1n) is 8.88. The lowest BCUT2D eigenvalue weighted by Gasteiger charge is -2.18. The Morgan fingerprint density at radius 3 is 2.73 bits per heavy atom. The highest BCUT2D eigenvalue weighted by atomic mass is 16.2. The number of urea groups is 1. The summed E-state index contributed by atoms with van der Waals surface area (Å²) in [5, 5.41) is 13.9. The number of hydrogen-bond donors (Lipinski definition) is 2. The molecule has 0 aromatic heterocycles. The van der Waals surface area contributed by atoms with Crippen LogP contribution in [0.25, 0.3) is 0 Å². The van der Waals surface area contributed by atoms with Crippen LogP contribution in [-0.4, -0.2) is 41.6 Å². The fourth-order valence-corrected chi connectivity index (χ4v) is 3.07. The van der Waals surface area contributed by atoms with E-state index in [1.807, 2.05) is 30.3 Å². The maximum absolute atomic E-state index is 12.3. The molecule has 0 saturated carbocycles. The Bertz CT molecular complexity index is 719. The number of benzene rings is 1. The Labute approximate surface area is 153 Å². The van der Waals surface area contributed by atoms with Crippen molar-refractivity contribution in [1.29, 1.82) is 0 Å².